The molecule has 3 aromatic rings. The number of fused-ring (bicyclic) bond motifs is 1. The Morgan fingerprint density at radius 3 is 2.42 bits per heavy atom. The van der Waals surface area contributed by atoms with Crippen LogP contribution in [-0.2, 0) is 13.1 Å². The minimum absolute atomic E-state index is 0.111. The lowest BCUT2D eigenvalue weighted by Crippen LogP contribution is -2.33. The first-order chi connectivity index (χ1) is 12.4. The third kappa shape index (κ3) is 3.33. The predicted octanol–water partition coefficient (Wildman–Crippen LogP) is 2.97. The summed E-state index contributed by atoms with van der Waals surface area (Å²) in [7, 11) is 1.53. The zero-order chi connectivity index (χ0) is 18.8. The lowest BCUT2D eigenvalue weighted by Gasteiger charge is -2.18. The SMILES string of the molecule is CCn1nc(C(=O)N(C)Cc2ccc(F)cc2)c(=O)c2cc(F)ccc21. The van der Waals surface area contributed by atoms with Crippen LogP contribution in [0.25, 0.3) is 10.9 Å². The van der Waals surface area contributed by atoms with Gasteiger partial charge in [-0.15, -0.1) is 0 Å². The molecule has 0 atom stereocenters. The summed E-state index contributed by atoms with van der Waals surface area (Å²) >= 11 is 0. The lowest BCUT2D eigenvalue weighted by molar-refractivity contribution is 0.0775. The van der Waals surface area contributed by atoms with Gasteiger partial charge in [0.05, 0.1) is 10.9 Å². The fourth-order valence-electron chi connectivity index (χ4n) is 2.76. The minimum atomic E-state index is -0.611. The fraction of sp³-hybridized carbons (Fsp3) is 0.211. The fourth-order valence-corrected chi connectivity index (χ4v) is 2.76. The number of rotatable bonds is 4. The second-order valence-corrected chi connectivity index (χ2v) is 5.94. The Morgan fingerprint density at radius 1 is 1.12 bits per heavy atom. The van der Waals surface area contributed by atoms with Crippen molar-refractivity contribution in [1.82, 2.24) is 14.7 Å². The van der Waals surface area contributed by atoms with Crippen molar-refractivity contribution in [2.24, 2.45) is 0 Å². The smallest absolute Gasteiger partial charge is 0.278 e. The summed E-state index contributed by atoms with van der Waals surface area (Å²) in [5.41, 5.74) is 0.302. The normalized spacial score (nSPS) is 10.9. The van der Waals surface area contributed by atoms with Crippen molar-refractivity contribution < 1.29 is 13.6 Å². The third-order valence-corrected chi connectivity index (χ3v) is 4.10. The highest BCUT2D eigenvalue weighted by Crippen LogP contribution is 2.13. The number of aromatic nitrogens is 2. The standard InChI is InChI=1S/C19H17F2N3O2/c1-3-24-16-9-8-14(21)10-15(16)18(25)17(22-24)19(26)23(2)11-12-4-6-13(20)7-5-12/h4-10H,3,11H2,1-2H3. The number of hydrogen-bond acceptors (Lipinski definition) is 3. The van der Waals surface area contributed by atoms with E-state index in [4.69, 9.17) is 0 Å². The van der Waals surface area contributed by atoms with Crippen molar-refractivity contribution in [3.05, 3.63) is 75.6 Å². The molecular formula is C19H17F2N3O2. The molecule has 1 amide bonds. The van der Waals surface area contributed by atoms with E-state index in [1.54, 1.807) is 12.1 Å². The number of carbonyl (C=O) groups is 1. The Morgan fingerprint density at radius 2 is 1.77 bits per heavy atom. The van der Waals surface area contributed by atoms with Crippen LogP contribution in [0, 0.1) is 11.6 Å². The first kappa shape index (κ1) is 17.7. The Labute approximate surface area is 148 Å². The van der Waals surface area contributed by atoms with Crippen molar-refractivity contribution in [1.29, 1.82) is 0 Å². The molecule has 0 fully saturated rings. The second kappa shape index (κ2) is 7.03. The van der Waals surface area contributed by atoms with Crippen LogP contribution in [0.4, 0.5) is 8.78 Å². The second-order valence-electron chi connectivity index (χ2n) is 5.94. The van der Waals surface area contributed by atoms with E-state index in [1.165, 1.54) is 40.9 Å². The molecule has 0 N–H and O–H groups in total. The van der Waals surface area contributed by atoms with E-state index in [1.807, 2.05) is 6.92 Å². The Balaban J connectivity index is 2.00. The summed E-state index contributed by atoms with van der Waals surface area (Å²) < 4.78 is 28.1. The van der Waals surface area contributed by atoms with E-state index >= 15 is 0 Å². The molecule has 0 saturated heterocycles. The van der Waals surface area contributed by atoms with E-state index in [0.717, 1.165) is 6.07 Å². The maximum Gasteiger partial charge on any atom is 0.278 e. The van der Waals surface area contributed by atoms with Gasteiger partial charge < -0.3 is 4.90 Å². The maximum absolute atomic E-state index is 13.6. The maximum atomic E-state index is 13.6. The molecule has 0 aliphatic carbocycles. The van der Waals surface area contributed by atoms with Gasteiger partial charge in [-0.25, -0.2) is 8.78 Å². The molecule has 0 spiro atoms. The van der Waals surface area contributed by atoms with Gasteiger partial charge in [0.2, 0.25) is 5.43 Å². The monoisotopic (exact) mass is 357 g/mol. The van der Waals surface area contributed by atoms with Gasteiger partial charge in [-0.3, -0.25) is 14.3 Å². The molecule has 1 aromatic heterocycles. The molecule has 0 radical (unpaired) electrons. The van der Waals surface area contributed by atoms with E-state index in [9.17, 15) is 18.4 Å². The first-order valence-corrected chi connectivity index (χ1v) is 8.11. The largest absolute Gasteiger partial charge is 0.336 e. The van der Waals surface area contributed by atoms with Crippen LogP contribution in [-0.4, -0.2) is 27.6 Å². The molecule has 1 heterocycles. The number of aryl methyl sites for hydroxylation is 1. The third-order valence-electron chi connectivity index (χ3n) is 4.10. The molecule has 0 aliphatic rings. The topological polar surface area (TPSA) is 55.2 Å². The van der Waals surface area contributed by atoms with Gasteiger partial charge in [-0.05, 0) is 42.8 Å². The van der Waals surface area contributed by atoms with E-state index < -0.39 is 17.2 Å². The first-order valence-electron chi connectivity index (χ1n) is 8.11. The molecule has 2 aromatic carbocycles. The number of benzene rings is 2. The van der Waals surface area contributed by atoms with Gasteiger partial charge in [0.15, 0.2) is 5.69 Å². The number of hydrogen-bond donors (Lipinski definition) is 0. The summed E-state index contributed by atoms with van der Waals surface area (Å²) in [4.78, 5) is 26.7. The predicted molar refractivity (Wildman–Crippen MR) is 93.8 cm³/mol. The zero-order valence-corrected chi connectivity index (χ0v) is 14.4. The number of carbonyl (C=O) groups excluding carboxylic acids is 1. The van der Waals surface area contributed by atoms with Crippen molar-refractivity contribution in [3.63, 3.8) is 0 Å². The van der Waals surface area contributed by atoms with Crippen LogP contribution in [0.15, 0.2) is 47.3 Å². The lowest BCUT2D eigenvalue weighted by atomic mass is 10.1. The van der Waals surface area contributed by atoms with Gasteiger partial charge in [0.25, 0.3) is 5.91 Å². The average Bonchev–Trinajstić information content (AvgIpc) is 2.63. The minimum Gasteiger partial charge on any atom is -0.336 e. The molecule has 134 valence electrons. The summed E-state index contributed by atoms with van der Waals surface area (Å²) in [6.45, 7) is 2.43. The molecule has 0 bridgehead atoms. The average molecular weight is 357 g/mol. The Hall–Kier alpha value is -3.09. The van der Waals surface area contributed by atoms with Crippen LogP contribution in [0.3, 0.4) is 0 Å². The van der Waals surface area contributed by atoms with Crippen LogP contribution in [0.5, 0.6) is 0 Å². The molecule has 0 aliphatic heterocycles. The van der Waals surface area contributed by atoms with Crippen LogP contribution in [0.1, 0.15) is 23.0 Å². The summed E-state index contributed by atoms with van der Waals surface area (Å²) in [6.07, 6.45) is 0. The number of amides is 1. The van der Waals surface area contributed by atoms with E-state index in [2.05, 4.69) is 5.10 Å². The van der Waals surface area contributed by atoms with Crippen LogP contribution >= 0.6 is 0 Å². The van der Waals surface area contributed by atoms with Gasteiger partial charge in [0.1, 0.15) is 11.6 Å². The summed E-state index contributed by atoms with van der Waals surface area (Å²) in [5, 5.41) is 4.27. The summed E-state index contributed by atoms with van der Waals surface area (Å²) in [5.74, 6) is -1.50. The van der Waals surface area contributed by atoms with Gasteiger partial charge in [-0.1, -0.05) is 12.1 Å². The van der Waals surface area contributed by atoms with Gasteiger partial charge in [-0.2, -0.15) is 5.10 Å². The van der Waals surface area contributed by atoms with Crippen molar-refractivity contribution in [3.8, 4) is 0 Å². The number of nitrogens with zero attached hydrogens (tertiary/aromatic N) is 3. The summed E-state index contributed by atoms with van der Waals surface area (Å²) in [6, 6.07) is 9.56. The quantitative estimate of drug-likeness (QED) is 0.721. The molecule has 3 rings (SSSR count). The highest BCUT2D eigenvalue weighted by Gasteiger charge is 2.21. The van der Waals surface area contributed by atoms with E-state index in [0.29, 0.717) is 17.6 Å². The van der Waals surface area contributed by atoms with E-state index in [-0.39, 0.29) is 23.4 Å². The van der Waals surface area contributed by atoms with Crippen LogP contribution in [0.2, 0.25) is 0 Å². The molecule has 0 saturated carbocycles. The molecule has 0 unspecified atom stereocenters. The Bertz CT molecular complexity index is 1030. The molecule has 7 heteroatoms. The van der Waals surface area contributed by atoms with Crippen LogP contribution < -0.4 is 5.43 Å². The van der Waals surface area contributed by atoms with Gasteiger partial charge in [0, 0.05) is 20.1 Å². The van der Waals surface area contributed by atoms with Gasteiger partial charge >= 0.3 is 0 Å². The van der Waals surface area contributed by atoms with Crippen molar-refractivity contribution >= 4 is 16.8 Å². The molecular weight excluding hydrogens is 340 g/mol. The highest BCUT2D eigenvalue weighted by molar-refractivity contribution is 5.95. The van der Waals surface area contributed by atoms with Crippen molar-refractivity contribution in [2.45, 2.75) is 20.0 Å². The zero-order valence-electron chi connectivity index (χ0n) is 14.4. The highest BCUT2D eigenvalue weighted by atomic mass is 19.1. The molecule has 5 nitrogen and oxygen atoms in total. The Kier molecular flexibility index (Phi) is 4.79. The number of halogens is 2. The molecule has 26 heavy (non-hydrogen) atoms. The van der Waals surface area contributed by atoms with Crippen molar-refractivity contribution in [2.75, 3.05) is 7.05 Å².